The first-order valence-electron chi connectivity index (χ1n) is 8.88. The molecule has 2 aromatic carbocycles. The summed E-state index contributed by atoms with van der Waals surface area (Å²) >= 11 is 0. The van der Waals surface area contributed by atoms with Gasteiger partial charge in [0.05, 0.1) is 23.5 Å². The van der Waals surface area contributed by atoms with Crippen molar-refractivity contribution in [2.75, 3.05) is 0 Å². The fourth-order valence-electron chi connectivity index (χ4n) is 3.64. The van der Waals surface area contributed by atoms with Crippen molar-refractivity contribution in [2.24, 2.45) is 0 Å². The van der Waals surface area contributed by atoms with Gasteiger partial charge in [0, 0.05) is 29.8 Å². The number of ketones is 1. The molecule has 0 spiro atoms. The van der Waals surface area contributed by atoms with Gasteiger partial charge in [0.25, 0.3) is 5.91 Å². The van der Waals surface area contributed by atoms with Crippen molar-refractivity contribution in [3.63, 3.8) is 0 Å². The quantitative estimate of drug-likeness (QED) is 0.553. The van der Waals surface area contributed by atoms with Crippen LogP contribution in [0, 0.1) is 0 Å². The summed E-state index contributed by atoms with van der Waals surface area (Å²) < 4.78 is 0. The predicted octanol–water partition coefficient (Wildman–Crippen LogP) is 1.57. The fraction of sp³-hybridized carbons (Fsp3) is 0.238. The first-order valence-corrected chi connectivity index (χ1v) is 8.88. The lowest BCUT2D eigenvalue weighted by atomic mass is 9.98. The van der Waals surface area contributed by atoms with E-state index in [-0.39, 0.29) is 18.2 Å². The maximum atomic E-state index is 12.8. The molecular formula is C21H20N2O4. The predicted molar refractivity (Wildman–Crippen MR) is 100 cm³/mol. The Balaban J connectivity index is 1.62. The van der Waals surface area contributed by atoms with E-state index in [9.17, 15) is 19.8 Å². The minimum absolute atomic E-state index is 0.161. The lowest BCUT2D eigenvalue weighted by Crippen LogP contribution is -2.48. The molecule has 27 heavy (non-hydrogen) atoms. The van der Waals surface area contributed by atoms with Gasteiger partial charge in [-0.2, -0.15) is 0 Å². The van der Waals surface area contributed by atoms with Crippen LogP contribution in [0.4, 0.5) is 0 Å². The lowest BCUT2D eigenvalue weighted by Gasteiger charge is -2.32. The molecule has 0 aromatic heterocycles. The van der Waals surface area contributed by atoms with E-state index < -0.39 is 18.1 Å². The number of fused-ring (bicyclic) bond motifs is 3. The zero-order valence-corrected chi connectivity index (χ0v) is 14.8. The van der Waals surface area contributed by atoms with Crippen LogP contribution in [0.3, 0.4) is 0 Å². The van der Waals surface area contributed by atoms with Crippen LogP contribution in [0.15, 0.2) is 54.4 Å². The molecule has 0 radical (unpaired) electrons. The van der Waals surface area contributed by atoms with Gasteiger partial charge in [-0.25, -0.2) is 0 Å². The number of amides is 1. The lowest BCUT2D eigenvalue weighted by molar-refractivity contribution is 0.0483. The zero-order chi connectivity index (χ0) is 19.1. The highest BCUT2D eigenvalue weighted by molar-refractivity contribution is 6.25. The van der Waals surface area contributed by atoms with Crippen LogP contribution in [0.25, 0.3) is 11.1 Å². The number of rotatable bonds is 2. The van der Waals surface area contributed by atoms with E-state index in [0.717, 1.165) is 11.1 Å². The van der Waals surface area contributed by atoms with Crippen molar-refractivity contribution in [3.05, 3.63) is 71.1 Å². The summed E-state index contributed by atoms with van der Waals surface area (Å²) in [5.41, 5.74) is 3.31. The van der Waals surface area contributed by atoms with Crippen molar-refractivity contribution < 1.29 is 19.8 Å². The number of benzene rings is 2. The summed E-state index contributed by atoms with van der Waals surface area (Å²) in [6.45, 7) is 1.80. The molecule has 2 aromatic rings. The molecule has 0 saturated carbocycles. The molecule has 2 aliphatic rings. The first kappa shape index (κ1) is 17.5. The van der Waals surface area contributed by atoms with E-state index in [2.05, 4.69) is 10.6 Å². The topological polar surface area (TPSA) is 98.7 Å². The van der Waals surface area contributed by atoms with Crippen molar-refractivity contribution in [1.82, 2.24) is 10.6 Å². The number of hydrogen-bond acceptors (Lipinski definition) is 5. The second-order valence-electron chi connectivity index (χ2n) is 6.93. The minimum Gasteiger partial charge on any atom is -0.391 e. The Kier molecular flexibility index (Phi) is 4.30. The normalized spacial score (nSPS) is 24.9. The maximum Gasteiger partial charge on any atom is 0.256 e. The van der Waals surface area contributed by atoms with E-state index in [4.69, 9.17) is 0 Å². The van der Waals surface area contributed by atoms with Gasteiger partial charge in [-0.3, -0.25) is 9.59 Å². The number of aliphatic hydroxyl groups excluding tert-OH is 2. The summed E-state index contributed by atoms with van der Waals surface area (Å²) in [6, 6.07) is 12.3. The van der Waals surface area contributed by atoms with Crippen molar-refractivity contribution in [2.45, 2.75) is 31.6 Å². The summed E-state index contributed by atoms with van der Waals surface area (Å²) in [5.74, 6) is -0.583. The zero-order valence-electron chi connectivity index (χ0n) is 14.8. The number of hydrogen-bond donors (Lipinski definition) is 4. The van der Waals surface area contributed by atoms with Gasteiger partial charge in [0.2, 0.25) is 0 Å². The van der Waals surface area contributed by atoms with Gasteiger partial charge in [-0.05, 0) is 24.1 Å². The largest absolute Gasteiger partial charge is 0.391 e. The second-order valence-corrected chi connectivity index (χ2v) is 6.93. The van der Waals surface area contributed by atoms with Gasteiger partial charge < -0.3 is 20.8 Å². The molecular weight excluding hydrogens is 344 g/mol. The van der Waals surface area contributed by atoms with Gasteiger partial charge in [-0.15, -0.1) is 0 Å². The summed E-state index contributed by atoms with van der Waals surface area (Å²) in [6.07, 6.45) is 0.0661. The molecule has 1 heterocycles. The third-order valence-corrected chi connectivity index (χ3v) is 5.15. The molecule has 1 fully saturated rings. The standard InChI is InChI=1S/C21H20N2O4/c1-11-17(24)9-18(25)16(23-11)10-22-21(27)15-8-4-7-13-12-5-2-3-6-14(12)20(26)19(13)15/h2-8,10-11,17-18,23-25H,9H2,1H3,(H,22,27)/b16-10+/t11-,17-,18-/m0/s1. The Bertz CT molecular complexity index is 966. The Morgan fingerprint density at radius 3 is 2.59 bits per heavy atom. The van der Waals surface area contributed by atoms with Gasteiger partial charge in [-0.1, -0.05) is 36.4 Å². The van der Waals surface area contributed by atoms with E-state index in [0.29, 0.717) is 22.4 Å². The van der Waals surface area contributed by atoms with E-state index in [1.807, 2.05) is 18.2 Å². The Morgan fingerprint density at radius 2 is 1.81 bits per heavy atom. The van der Waals surface area contributed by atoms with Crippen molar-refractivity contribution in [3.8, 4) is 11.1 Å². The number of carbonyl (C=O) groups excluding carboxylic acids is 2. The maximum absolute atomic E-state index is 12.8. The summed E-state index contributed by atoms with van der Waals surface area (Å²) in [5, 5.41) is 25.5. The van der Waals surface area contributed by atoms with Crippen LogP contribution in [0.5, 0.6) is 0 Å². The van der Waals surface area contributed by atoms with E-state index >= 15 is 0 Å². The molecule has 1 aliphatic carbocycles. The molecule has 0 bridgehead atoms. The SMILES string of the molecule is C[C@@H]1N/C(=C/NC(=O)c2cccc3c2C(=O)c2ccccc2-3)[C@@H](O)C[C@@H]1O. The first-order chi connectivity index (χ1) is 13.0. The molecule has 0 unspecified atom stereocenters. The van der Waals surface area contributed by atoms with Gasteiger partial charge in [0.15, 0.2) is 5.78 Å². The van der Waals surface area contributed by atoms with E-state index in [1.54, 1.807) is 31.2 Å². The number of piperidine rings is 1. The smallest absolute Gasteiger partial charge is 0.256 e. The van der Waals surface area contributed by atoms with Crippen LogP contribution in [-0.4, -0.2) is 40.2 Å². The molecule has 4 rings (SSSR count). The Labute approximate surface area is 156 Å². The Hall–Kier alpha value is -2.96. The molecule has 3 atom stereocenters. The number of aliphatic hydroxyl groups is 2. The molecule has 4 N–H and O–H groups in total. The monoisotopic (exact) mass is 364 g/mol. The molecule has 6 nitrogen and oxygen atoms in total. The number of nitrogens with one attached hydrogen (secondary N) is 2. The van der Waals surface area contributed by atoms with Crippen molar-refractivity contribution in [1.29, 1.82) is 0 Å². The Morgan fingerprint density at radius 1 is 1.11 bits per heavy atom. The van der Waals surface area contributed by atoms with Crippen molar-refractivity contribution >= 4 is 11.7 Å². The minimum atomic E-state index is -0.885. The van der Waals surface area contributed by atoms with Gasteiger partial charge in [0.1, 0.15) is 0 Å². The van der Waals surface area contributed by atoms with Crippen LogP contribution >= 0.6 is 0 Å². The van der Waals surface area contributed by atoms with Crippen LogP contribution in [-0.2, 0) is 0 Å². The third-order valence-electron chi connectivity index (χ3n) is 5.15. The average Bonchev–Trinajstić information content (AvgIpc) is 2.96. The van der Waals surface area contributed by atoms with Crippen LogP contribution in [0.1, 0.15) is 39.6 Å². The molecule has 1 aliphatic heterocycles. The summed E-state index contributed by atoms with van der Waals surface area (Å²) in [7, 11) is 0. The highest BCUT2D eigenvalue weighted by Crippen LogP contribution is 2.38. The van der Waals surface area contributed by atoms with E-state index in [1.165, 1.54) is 6.20 Å². The van der Waals surface area contributed by atoms with Crippen LogP contribution in [0.2, 0.25) is 0 Å². The third kappa shape index (κ3) is 2.93. The number of carbonyl (C=O) groups is 2. The van der Waals surface area contributed by atoms with Gasteiger partial charge >= 0.3 is 0 Å². The molecule has 1 saturated heterocycles. The highest BCUT2D eigenvalue weighted by Gasteiger charge is 2.31. The average molecular weight is 364 g/mol. The molecule has 1 amide bonds. The van der Waals surface area contributed by atoms with Crippen LogP contribution < -0.4 is 10.6 Å². The second kappa shape index (κ2) is 6.64. The fourth-order valence-corrected chi connectivity index (χ4v) is 3.64. The molecule has 138 valence electrons. The summed E-state index contributed by atoms with van der Waals surface area (Å²) in [4.78, 5) is 25.5. The molecule has 6 heteroatoms. The highest BCUT2D eigenvalue weighted by atomic mass is 16.3.